The zero-order chi connectivity index (χ0) is 27.0. The smallest absolute Gasteiger partial charge is 0.340 e. The number of carbonyl (C=O) groups is 2. The Bertz CT molecular complexity index is 1250. The van der Waals surface area contributed by atoms with Gasteiger partial charge in [0.2, 0.25) is 10.0 Å². The van der Waals surface area contributed by atoms with Crippen LogP contribution in [0.25, 0.3) is 0 Å². The minimum absolute atomic E-state index is 0.105. The summed E-state index contributed by atoms with van der Waals surface area (Å²) in [5.41, 5.74) is -1.34. The number of rotatable bonds is 13. The molecule has 1 aromatic heterocycles. The maximum atomic E-state index is 13.1. The molecule has 1 amide bonds. The first-order valence-corrected chi connectivity index (χ1v) is 11.4. The number of halogens is 1. The fourth-order valence-corrected chi connectivity index (χ4v) is 3.98. The molecule has 1 atom stereocenters. The molecule has 0 saturated carbocycles. The van der Waals surface area contributed by atoms with Crippen molar-refractivity contribution in [2.75, 3.05) is 25.6 Å². The van der Waals surface area contributed by atoms with E-state index in [1.165, 1.54) is 6.26 Å². The van der Waals surface area contributed by atoms with Crippen LogP contribution in [0.5, 0.6) is 0 Å². The zero-order valence-corrected chi connectivity index (χ0v) is 19.7. The van der Waals surface area contributed by atoms with E-state index >= 15 is 0 Å². The number of ether oxygens (including phenoxy) is 1. The van der Waals surface area contributed by atoms with Gasteiger partial charge in [-0.3, -0.25) is 4.79 Å². The summed E-state index contributed by atoms with van der Waals surface area (Å²) in [7, 11) is -3.57. The minimum Gasteiger partial charge on any atom is -0.467 e. The Morgan fingerprint density at radius 1 is 1.28 bits per heavy atom. The van der Waals surface area contributed by atoms with E-state index in [-0.39, 0.29) is 12.2 Å². The summed E-state index contributed by atoms with van der Waals surface area (Å²) in [5, 5.41) is 27.9. The summed E-state index contributed by atoms with van der Waals surface area (Å²) in [6.07, 6.45) is -0.292. The molecule has 0 bridgehead atoms. The number of primary sulfonamides is 1. The van der Waals surface area contributed by atoms with E-state index in [1.54, 1.807) is 12.1 Å². The van der Waals surface area contributed by atoms with Gasteiger partial charge in [-0.2, -0.15) is 0 Å². The maximum absolute atomic E-state index is 13.1. The number of furan rings is 1. The highest BCUT2D eigenvalue weighted by molar-refractivity contribution is 7.89. The Morgan fingerprint density at radius 2 is 1.97 bits per heavy atom. The van der Waals surface area contributed by atoms with Crippen LogP contribution in [0.1, 0.15) is 26.5 Å². The maximum Gasteiger partial charge on any atom is 0.340 e. The Morgan fingerprint density at radius 3 is 2.50 bits per heavy atom. The van der Waals surface area contributed by atoms with Crippen LogP contribution in [0.15, 0.2) is 33.8 Å². The second-order valence-electron chi connectivity index (χ2n) is 6.64. The molecule has 0 fully saturated rings. The molecule has 2 rings (SSSR count). The first-order chi connectivity index (χ1) is 16.8. The first-order valence-electron chi connectivity index (χ1n) is 9.45. The lowest BCUT2D eigenvalue weighted by Crippen LogP contribution is -2.38. The number of sulfonamides is 1. The van der Waals surface area contributed by atoms with Crippen LogP contribution >= 0.6 is 11.6 Å². The third-order valence-electron chi connectivity index (χ3n) is 4.28. The lowest BCUT2D eigenvalue weighted by Gasteiger charge is -2.20. The normalized spacial score (nSPS) is 11.8. The third-order valence-corrected chi connectivity index (χ3v) is 5.72. The monoisotopic (exact) mass is 551 g/mol. The van der Waals surface area contributed by atoms with E-state index in [1.807, 2.05) is 0 Å². The van der Waals surface area contributed by atoms with Crippen molar-refractivity contribution in [2.24, 2.45) is 5.14 Å². The minimum atomic E-state index is -4.57. The Kier molecular flexibility index (Phi) is 9.36. The van der Waals surface area contributed by atoms with E-state index in [0.717, 1.165) is 13.2 Å². The number of amides is 1. The number of nitrogens with one attached hydrogen (secondary N) is 2. The zero-order valence-electron chi connectivity index (χ0n) is 18.2. The van der Waals surface area contributed by atoms with Crippen molar-refractivity contribution in [2.45, 2.75) is 17.5 Å². The summed E-state index contributed by atoms with van der Waals surface area (Å²) in [5.74, 6) is -1.88. The van der Waals surface area contributed by atoms with Crippen LogP contribution in [-0.2, 0) is 31.0 Å². The number of hydrogen-bond donors (Lipinski definition) is 3. The van der Waals surface area contributed by atoms with Crippen molar-refractivity contribution in [3.05, 3.63) is 66.6 Å². The summed E-state index contributed by atoms with van der Waals surface area (Å²) < 4.78 is 34.0. The number of hydrogen-bond acceptors (Lipinski definition) is 13. The second-order valence-corrected chi connectivity index (χ2v) is 8.54. The molecule has 4 N–H and O–H groups in total. The van der Waals surface area contributed by atoms with Gasteiger partial charge >= 0.3 is 5.97 Å². The number of esters is 1. The van der Waals surface area contributed by atoms with Gasteiger partial charge in [-0.05, 0) is 18.2 Å². The number of methoxy groups -OCH3 is 1. The van der Waals surface area contributed by atoms with E-state index in [2.05, 4.69) is 25.0 Å². The van der Waals surface area contributed by atoms with E-state index in [4.69, 9.17) is 21.2 Å². The van der Waals surface area contributed by atoms with Gasteiger partial charge in [-0.25, -0.2) is 18.4 Å². The third kappa shape index (κ3) is 7.42. The molecule has 17 nitrogen and oxygen atoms in total. The SMILES string of the molecule is COC(=O)c1cc(S(N)(=O)=O)c(Cl)c(C(=O)NC[C@H](CO[N+](=O)[O-])O[N+](=O)[O-])c1NCc1ccco1. The van der Waals surface area contributed by atoms with Crippen LogP contribution in [0.3, 0.4) is 0 Å². The van der Waals surface area contributed by atoms with Gasteiger partial charge < -0.3 is 29.5 Å². The Hall–Kier alpha value is -4.16. The Labute approximate surface area is 206 Å². The molecule has 0 saturated heterocycles. The van der Waals surface area contributed by atoms with Gasteiger partial charge in [-0.1, -0.05) is 11.6 Å². The van der Waals surface area contributed by atoms with Gasteiger partial charge in [0.05, 0.1) is 41.8 Å². The van der Waals surface area contributed by atoms with Crippen molar-refractivity contribution in [1.82, 2.24) is 5.32 Å². The molecule has 0 spiro atoms. The van der Waals surface area contributed by atoms with Gasteiger partial charge in [0.1, 0.15) is 23.4 Å². The molecule has 0 aliphatic heterocycles. The lowest BCUT2D eigenvalue weighted by atomic mass is 10.1. The summed E-state index contributed by atoms with van der Waals surface area (Å²) in [6.45, 7) is -1.77. The lowest BCUT2D eigenvalue weighted by molar-refractivity contribution is -0.789. The molecule has 0 radical (unpaired) electrons. The number of benzene rings is 1. The first kappa shape index (κ1) is 28.1. The average Bonchev–Trinajstić information content (AvgIpc) is 3.31. The van der Waals surface area contributed by atoms with Gasteiger partial charge in [0.25, 0.3) is 16.1 Å². The van der Waals surface area contributed by atoms with Crippen LogP contribution in [0, 0.1) is 20.2 Å². The van der Waals surface area contributed by atoms with Crippen molar-refractivity contribution >= 4 is 39.2 Å². The standard InChI is InChI=1S/C17H18ClN5O12S/c1-32-17(25)11-5-12(36(19,30)31)14(18)13(15(11)20-6-9-3-2-4-33-9)16(24)21-7-10(35-23(28)29)8-34-22(26)27/h2-5,10,20H,6-8H2,1H3,(H,21,24)(H2,19,30,31)/t10-/m1/s1. The van der Waals surface area contributed by atoms with Crippen LogP contribution in [0.4, 0.5) is 5.69 Å². The number of nitrogens with zero attached hydrogens (tertiary/aromatic N) is 2. The van der Waals surface area contributed by atoms with E-state index in [0.29, 0.717) is 5.76 Å². The number of carbonyl (C=O) groups excluding carboxylic acids is 2. The van der Waals surface area contributed by atoms with Gasteiger partial charge in [0.15, 0.2) is 0 Å². The summed E-state index contributed by atoms with van der Waals surface area (Å²) >= 11 is 6.19. The quantitative estimate of drug-likeness (QED) is 0.174. The summed E-state index contributed by atoms with van der Waals surface area (Å²) in [6, 6.07) is 3.92. The van der Waals surface area contributed by atoms with E-state index < -0.39 is 72.4 Å². The predicted octanol–water partition coefficient (Wildman–Crippen LogP) is 0.494. The van der Waals surface area contributed by atoms with Crippen molar-refractivity contribution in [3.63, 3.8) is 0 Å². The van der Waals surface area contributed by atoms with Crippen LogP contribution in [0.2, 0.25) is 5.02 Å². The van der Waals surface area contributed by atoms with Gasteiger partial charge in [-0.15, -0.1) is 20.2 Å². The highest BCUT2D eigenvalue weighted by Gasteiger charge is 2.30. The molecule has 0 aliphatic carbocycles. The van der Waals surface area contributed by atoms with E-state index in [9.17, 15) is 38.2 Å². The predicted molar refractivity (Wildman–Crippen MR) is 117 cm³/mol. The molecule has 0 unspecified atom stereocenters. The molecule has 0 aliphatic rings. The van der Waals surface area contributed by atoms with Crippen LogP contribution in [-0.4, -0.2) is 56.8 Å². The molecule has 2 aromatic rings. The fraction of sp³-hybridized carbons (Fsp3) is 0.294. The van der Waals surface area contributed by atoms with Crippen molar-refractivity contribution < 1.29 is 47.0 Å². The highest BCUT2D eigenvalue weighted by Crippen LogP contribution is 2.35. The second kappa shape index (κ2) is 12.0. The number of anilines is 1. The van der Waals surface area contributed by atoms with Gasteiger partial charge in [0, 0.05) is 6.54 Å². The van der Waals surface area contributed by atoms with Crippen molar-refractivity contribution in [1.29, 1.82) is 0 Å². The molecule has 196 valence electrons. The molecule has 36 heavy (non-hydrogen) atoms. The number of nitrogens with two attached hydrogens (primary N) is 1. The largest absolute Gasteiger partial charge is 0.467 e. The fourth-order valence-electron chi connectivity index (χ4n) is 2.78. The Balaban J connectivity index is 2.53. The topological polar surface area (TPSA) is 245 Å². The van der Waals surface area contributed by atoms with Crippen LogP contribution < -0.4 is 15.8 Å². The molecular formula is C17H18ClN5O12S. The molecule has 1 aromatic carbocycles. The highest BCUT2D eigenvalue weighted by atomic mass is 35.5. The molecular weight excluding hydrogens is 534 g/mol. The average molecular weight is 552 g/mol. The molecule has 19 heteroatoms. The molecule has 1 heterocycles. The van der Waals surface area contributed by atoms with Crippen molar-refractivity contribution in [3.8, 4) is 0 Å². The summed E-state index contributed by atoms with van der Waals surface area (Å²) in [4.78, 5) is 54.0.